The van der Waals surface area contributed by atoms with E-state index in [2.05, 4.69) is 43.4 Å². The smallest absolute Gasteiger partial charge is 0.0587 e. The van der Waals surface area contributed by atoms with Gasteiger partial charge in [0, 0.05) is 26.9 Å². The fourth-order valence-corrected chi connectivity index (χ4v) is 2.43. The molecule has 0 heterocycles. The first-order valence-corrected chi connectivity index (χ1v) is 8.09. The molecule has 0 saturated heterocycles. The Hall–Kier alpha value is -0.900. The fraction of sp³-hybridized carbons (Fsp3) is 0.667. The minimum Gasteiger partial charge on any atom is -0.383 e. The Bertz CT molecular complexity index is 339. The lowest BCUT2D eigenvalue weighted by Crippen LogP contribution is -2.27. The van der Waals surface area contributed by atoms with E-state index in [1.807, 2.05) is 0 Å². The van der Waals surface area contributed by atoms with E-state index in [1.165, 1.54) is 17.5 Å². The van der Waals surface area contributed by atoms with E-state index in [1.54, 1.807) is 7.11 Å². The van der Waals surface area contributed by atoms with Crippen molar-refractivity contribution in [1.29, 1.82) is 0 Å². The zero-order chi connectivity index (χ0) is 15.3. The third-order valence-corrected chi connectivity index (χ3v) is 3.67. The Morgan fingerprint density at radius 2 is 1.90 bits per heavy atom. The van der Waals surface area contributed by atoms with E-state index in [0.29, 0.717) is 5.92 Å². The standard InChI is InChI=1S/C18H31NO2/c1-4-21-12-5-6-18(15-19-11-13-20-3)14-17-9-7-16(2)8-10-17/h7-10,18-19H,4-6,11-15H2,1-3H3. The van der Waals surface area contributed by atoms with Crippen molar-refractivity contribution >= 4 is 0 Å². The van der Waals surface area contributed by atoms with Crippen LogP contribution in [0.15, 0.2) is 24.3 Å². The van der Waals surface area contributed by atoms with Crippen molar-refractivity contribution in [3.05, 3.63) is 35.4 Å². The summed E-state index contributed by atoms with van der Waals surface area (Å²) in [7, 11) is 1.74. The van der Waals surface area contributed by atoms with Crippen LogP contribution in [0.3, 0.4) is 0 Å². The molecule has 0 radical (unpaired) electrons. The Kier molecular flexibility index (Phi) is 10.1. The van der Waals surface area contributed by atoms with Crippen LogP contribution < -0.4 is 5.32 Å². The maximum absolute atomic E-state index is 5.45. The molecule has 0 spiro atoms. The lowest BCUT2D eigenvalue weighted by molar-refractivity contribution is 0.139. The number of benzene rings is 1. The zero-order valence-corrected chi connectivity index (χ0v) is 13.9. The molecular weight excluding hydrogens is 262 g/mol. The van der Waals surface area contributed by atoms with Crippen LogP contribution in [0.1, 0.15) is 30.9 Å². The number of ether oxygens (including phenoxy) is 2. The number of nitrogens with one attached hydrogen (secondary N) is 1. The molecule has 120 valence electrons. The van der Waals surface area contributed by atoms with Gasteiger partial charge in [-0.3, -0.25) is 0 Å². The van der Waals surface area contributed by atoms with Crippen molar-refractivity contribution in [2.45, 2.75) is 33.1 Å². The summed E-state index contributed by atoms with van der Waals surface area (Å²) in [6, 6.07) is 8.90. The molecule has 0 aliphatic heterocycles. The van der Waals surface area contributed by atoms with Gasteiger partial charge in [0.2, 0.25) is 0 Å². The van der Waals surface area contributed by atoms with Crippen LogP contribution in [-0.4, -0.2) is 40.0 Å². The average Bonchev–Trinajstić information content (AvgIpc) is 2.50. The Morgan fingerprint density at radius 3 is 2.57 bits per heavy atom. The first-order chi connectivity index (χ1) is 10.3. The van der Waals surface area contributed by atoms with Crippen LogP contribution in [0.2, 0.25) is 0 Å². The van der Waals surface area contributed by atoms with Crippen molar-refractivity contribution in [2.24, 2.45) is 5.92 Å². The zero-order valence-electron chi connectivity index (χ0n) is 13.9. The molecule has 0 amide bonds. The van der Waals surface area contributed by atoms with Crippen molar-refractivity contribution in [1.82, 2.24) is 5.32 Å². The van der Waals surface area contributed by atoms with Crippen molar-refractivity contribution < 1.29 is 9.47 Å². The molecule has 1 aromatic carbocycles. The minimum atomic E-state index is 0.657. The van der Waals surface area contributed by atoms with Crippen LogP contribution in [0.5, 0.6) is 0 Å². The van der Waals surface area contributed by atoms with E-state index in [9.17, 15) is 0 Å². The Labute approximate surface area is 130 Å². The second-order valence-electron chi connectivity index (χ2n) is 5.59. The van der Waals surface area contributed by atoms with E-state index in [4.69, 9.17) is 9.47 Å². The number of rotatable bonds is 12. The van der Waals surface area contributed by atoms with Crippen LogP contribution >= 0.6 is 0 Å². The van der Waals surface area contributed by atoms with Gasteiger partial charge in [0.15, 0.2) is 0 Å². The first kappa shape index (κ1) is 18.1. The van der Waals surface area contributed by atoms with Crippen molar-refractivity contribution in [3.63, 3.8) is 0 Å². The molecular formula is C18H31NO2. The van der Waals surface area contributed by atoms with Gasteiger partial charge in [-0.15, -0.1) is 0 Å². The molecule has 1 rings (SSSR count). The summed E-state index contributed by atoms with van der Waals surface area (Å²) in [4.78, 5) is 0. The van der Waals surface area contributed by atoms with Gasteiger partial charge in [0.1, 0.15) is 0 Å². The molecule has 1 unspecified atom stereocenters. The first-order valence-electron chi connectivity index (χ1n) is 8.09. The number of hydrogen-bond acceptors (Lipinski definition) is 3. The quantitative estimate of drug-likeness (QED) is 0.600. The minimum absolute atomic E-state index is 0.657. The van der Waals surface area contributed by atoms with Gasteiger partial charge in [-0.25, -0.2) is 0 Å². The monoisotopic (exact) mass is 293 g/mol. The molecule has 0 aliphatic rings. The van der Waals surface area contributed by atoms with Gasteiger partial charge in [0.05, 0.1) is 6.61 Å². The third kappa shape index (κ3) is 8.86. The highest BCUT2D eigenvalue weighted by Crippen LogP contribution is 2.14. The molecule has 0 aromatic heterocycles. The largest absolute Gasteiger partial charge is 0.383 e. The second kappa shape index (κ2) is 11.7. The van der Waals surface area contributed by atoms with Gasteiger partial charge in [-0.05, 0) is 51.1 Å². The van der Waals surface area contributed by atoms with Gasteiger partial charge < -0.3 is 14.8 Å². The van der Waals surface area contributed by atoms with E-state index in [-0.39, 0.29) is 0 Å². The Morgan fingerprint density at radius 1 is 1.14 bits per heavy atom. The molecule has 3 heteroatoms. The topological polar surface area (TPSA) is 30.5 Å². The SMILES string of the molecule is CCOCCCC(CNCCOC)Cc1ccc(C)cc1. The summed E-state index contributed by atoms with van der Waals surface area (Å²) in [5.41, 5.74) is 2.75. The molecule has 0 bridgehead atoms. The lowest BCUT2D eigenvalue weighted by atomic mass is 9.94. The second-order valence-corrected chi connectivity index (χ2v) is 5.59. The Balaban J connectivity index is 2.39. The molecule has 0 saturated carbocycles. The molecule has 21 heavy (non-hydrogen) atoms. The maximum Gasteiger partial charge on any atom is 0.0587 e. The van der Waals surface area contributed by atoms with Gasteiger partial charge in [-0.1, -0.05) is 29.8 Å². The van der Waals surface area contributed by atoms with Crippen molar-refractivity contribution in [3.8, 4) is 0 Å². The summed E-state index contributed by atoms with van der Waals surface area (Å²) in [5.74, 6) is 0.657. The summed E-state index contributed by atoms with van der Waals surface area (Å²) < 4.78 is 10.5. The van der Waals surface area contributed by atoms with Crippen LogP contribution in [0, 0.1) is 12.8 Å². The number of hydrogen-bond donors (Lipinski definition) is 1. The van der Waals surface area contributed by atoms with Gasteiger partial charge in [-0.2, -0.15) is 0 Å². The van der Waals surface area contributed by atoms with Gasteiger partial charge >= 0.3 is 0 Å². The van der Waals surface area contributed by atoms with E-state index < -0.39 is 0 Å². The maximum atomic E-state index is 5.45. The summed E-state index contributed by atoms with van der Waals surface area (Å²) in [6.45, 7) is 8.62. The summed E-state index contributed by atoms with van der Waals surface area (Å²) >= 11 is 0. The highest BCUT2D eigenvalue weighted by molar-refractivity contribution is 5.21. The van der Waals surface area contributed by atoms with Crippen LogP contribution in [-0.2, 0) is 15.9 Å². The molecule has 0 aliphatic carbocycles. The predicted molar refractivity (Wildman–Crippen MR) is 88.8 cm³/mol. The summed E-state index contributed by atoms with van der Waals surface area (Å²) in [5, 5.41) is 3.49. The van der Waals surface area contributed by atoms with E-state index in [0.717, 1.165) is 45.8 Å². The molecule has 1 N–H and O–H groups in total. The lowest BCUT2D eigenvalue weighted by Gasteiger charge is -2.18. The van der Waals surface area contributed by atoms with Gasteiger partial charge in [0.25, 0.3) is 0 Å². The number of aryl methyl sites for hydroxylation is 1. The summed E-state index contributed by atoms with van der Waals surface area (Å²) in [6.07, 6.45) is 3.47. The van der Waals surface area contributed by atoms with Crippen LogP contribution in [0.25, 0.3) is 0 Å². The molecule has 1 atom stereocenters. The molecule has 0 fully saturated rings. The van der Waals surface area contributed by atoms with E-state index >= 15 is 0 Å². The normalized spacial score (nSPS) is 12.5. The predicted octanol–water partition coefficient (Wildman–Crippen LogP) is 3.21. The van der Waals surface area contributed by atoms with Crippen molar-refractivity contribution in [2.75, 3.05) is 40.0 Å². The molecule has 3 nitrogen and oxygen atoms in total. The third-order valence-electron chi connectivity index (χ3n) is 3.67. The fourth-order valence-electron chi connectivity index (χ4n) is 2.43. The number of methoxy groups -OCH3 is 1. The highest BCUT2D eigenvalue weighted by Gasteiger charge is 2.09. The van der Waals surface area contributed by atoms with Crippen LogP contribution in [0.4, 0.5) is 0 Å². The highest BCUT2D eigenvalue weighted by atomic mass is 16.5. The average molecular weight is 293 g/mol. The molecule has 1 aromatic rings.